The van der Waals surface area contributed by atoms with Gasteiger partial charge in [-0.05, 0) is 25.7 Å². The lowest BCUT2D eigenvalue weighted by atomic mass is 9.85. The molecule has 2 fully saturated rings. The molecule has 0 bridgehead atoms. The van der Waals surface area contributed by atoms with Gasteiger partial charge >= 0.3 is 0 Å². The molecular formula is C12H21NO3. The lowest BCUT2D eigenvalue weighted by Gasteiger charge is -2.31. The number of aliphatic hydroxyl groups excluding tert-OH is 1. The van der Waals surface area contributed by atoms with Crippen LogP contribution >= 0.6 is 0 Å². The van der Waals surface area contributed by atoms with Crippen molar-refractivity contribution in [2.24, 2.45) is 5.92 Å². The van der Waals surface area contributed by atoms with Gasteiger partial charge in [-0.3, -0.25) is 4.79 Å². The van der Waals surface area contributed by atoms with Crippen LogP contribution in [0.5, 0.6) is 0 Å². The van der Waals surface area contributed by atoms with Crippen molar-refractivity contribution in [1.29, 1.82) is 0 Å². The molecule has 1 aliphatic heterocycles. The number of nitrogens with one attached hydrogen (secondary N) is 1. The molecule has 0 aromatic rings. The minimum Gasteiger partial charge on any atom is -0.396 e. The van der Waals surface area contributed by atoms with Crippen LogP contribution < -0.4 is 5.32 Å². The van der Waals surface area contributed by atoms with Gasteiger partial charge in [-0.1, -0.05) is 12.8 Å². The maximum atomic E-state index is 11.9. The van der Waals surface area contributed by atoms with Crippen LogP contribution in [-0.2, 0) is 9.53 Å². The van der Waals surface area contributed by atoms with E-state index in [-0.39, 0.29) is 30.6 Å². The van der Waals surface area contributed by atoms with E-state index in [1.165, 1.54) is 0 Å². The summed E-state index contributed by atoms with van der Waals surface area (Å²) < 4.78 is 5.35. The molecule has 0 aromatic carbocycles. The normalized spacial score (nSPS) is 34.9. The quantitative estimate of drug-likeness (QED) is 0.751. The van der Waals surface area contributed by atoms with Crippen LogP contribution in [0.25, 0.3) is 0 Å². The van der Waals surface area contributed by atoms with E-state index in [4.69, 9.17) is 4.74 Å². The number of aliphatic hydroxyl groups is 1. The summed E-state index contributed by atoms with van der Waals surface area (Å²) in [6, 6.07) is 0.149. The van der Waals surface area contributed by atoms with E-state index in [1.54, 1.807) is 0 Å². The number of carbonyl (C=O) groups excluding carboxylic acids is 1. The fourth-order valence-electron chi connectivity index (χ4n) is 2.68. The van der Waals surface area contributed by atoms with Gasteiger partial charge in [0.05, 0.1) is 0 Å². The Morgan fingerprint density at radius 1 is 1.25 bits per heavy atom. The third-order valence-corrected chi connectivity index (χ3v) is 3.69. The summed E-state index contributed by atoms with van der Waals surface area (Å²) in [5.41, 5.74) is 0. The van der Waals surface area contributed by atoms with Crippen LogP contribution in [0.4, 0.5) is 0 Å². The van der Waals surface area contributed by atoms with Crippen molar-refractivity contribution in [1.82, 2.24) is 5.32 Å². The van der Waals surface area contributed by atoms with Gasteiger partial charge in [0, 0.05) is 25.2 Å². The molecule has 4 nitrogen and oxygen atoms in total. The summed E-state index contributed by atoms with van der Waals surface area (Å²) in [7, 11) is 0. The summed E-state index contributed by atoms with van der Waals surface area (Å²) in [5.74, 6) is 0.252. The summed E-state index contributed by atoms with van der Waals surface area (Å²) in [5, 5.41) is 12.3. The first-order valence-electron chi connectivity index (χ1n) is 6.34. The van der Waals surface area contributed by atoms with E-state index in [1.807, 2.05) is 0 Å². The second-order valence-electron chi connectivity index (χ2n) is 4.84. The molecule has 1 heterocycles. The molecule has 0 spiro atoms. The fourth-order valence-corrected chi connectivity index (χ4v) is 2.68. The molecule has 2 N–H and O–H groups in total. The zero-order valence-electron chi connectivity index (χ0n) is 9.65. The fraction of sp³-hybridized carbons (Fsp3) is 0.917. The molecular weight excluding hydrogens is 206 g/mol. The Morgan fingerprint density at radius 2 is 2.06 bits per heavy atom. The van der Waals surface area contributed by atoms with Crippen LogP contribution in [-0.4, -0.2) is 36.4 Å². The first-order valence-corrected chi connectivity index (χ1v) is 6.34. The van der Waals surface area contributed by atoms with Gasteiger partial charge in [-0.15, -0.1) is 0 Å². The first-order chi connectivity index (χ1) is 7.81. The van der Waals surface area contributed by atoms with Crippen molar-refractivity contribution in [3.63, 3.8) is 0 Å². The Kier molecular flexibility index (Phi) is 4.18. The second kappa shape index (κ2) is 5.64. The maximum absolute atomic E-state index is 11.9. The summed E-state index contributed by atoms with van der Waals surface area (Å²) in [4.78, 5) is 11.9. The zero-order valence-corrected chi connectivity index (χ0v) is 9.65. The average Bonchev–Trinajstić information content (AvgIpc) is 2.83. The van der Waals surface area contributed by atoms with Gasteiger partial charge in [-0.25, -0.2) is 0 Å². The van der Waals surface area contributed by atoms with Crippen molar-refractivity contribution < 1.29 is 14.6 Å². The van der Waals surface area contributed by atoms with Gasteiger partial charge in [0.1, 0.15) is 6.10 Å². The third-order valence-electron chi connectivity index (χ3n) is 3.69. The molecule has 0 radical (unpaired) electrons. The van der Waals surface area contributed by atoms with E-state index >= 15 is 0 Å². The molecule has 16 heavy (non-hydrogen) atoms. The number of hydrogen-bond donors (Lipinski definition) is 2. The highest BCUT2D eigenvalue weighted by Crippen LogP contribution is 2.24. The molecule has 1 saturated heterocycles. The molecule has 92 valence electrons. The number of ether oxygens (including phenoxy) is 1. The lowest BCUT2D eigenvalue weighted by molar-refractivity contribution is -0.131. The van der Waals surface area contributed by atoms with Crippen LogP contribution in [0.1, 0.15) is 38.5 Å². The van der Waals surface area contributed by atoms with Crippen LogP contribution in [0.15, 0.2) is 0 Å². The van der Waals surface area contributed by atoms with Crippen molar-refractivity contribution in [2.75, 3.05) is 13.2 Å². The van der Waals surface area contributed by atoms with Crippen LogP contribution in [0, 0.1) is 5.92 Å². The van der Waals surface area contributed by atoms with E-state index in [0.717, 1.165) is 38.5 Å². The van der Waals surface area contributed by atoms with E-state index in [2.05, 4.69) is 5.32 Å². The Balaban J connectivity index is 1.84. The Hall–Kier alpha value is -0.610. The van der Waals surface area contributed by atoms with Crippen molar-refractivity contribution in [2.45, 2.75) is 50.7 Å². The molecule has 1 amide bonds. The van der Waals surface area contributed by atoms with E-state index in [0.29, 0.717) is 6.61 Å². The first kappa shape index (κ1) is 11.9. The van der Waals surface area contributed by atoms with Gasteiger partial charge in [0.15, 0.2) is 0 Å². The predicted octanol–water partition coefficient (Wildman–Crippen LogP) is 0.833. The summed E-state index contributed by atoms with van der Waals surface area (Å²) >= 11 is 0. The standard InChI is InChI=1S/C12H21NO3/c14-8-9-4-1-2-5-10(9)13-12(15)11-6-3-7-16-11/h9-11,14H,1-8H2,(H,13,15)/t9?,10?,11-/m1/s1. The topological polar surface area (TPSA) is 58.6 Å². The molecule has 4 heteroatoms. The average molecular weight is 227 g/mol. The Labute approximate surface area is 96.4 Å². The third kappa shape index (κ3) is 2.74. The number of rotatable bonds is 3. The maximum Gasteiger partial charge on any atom is 0.249 e. The zero-order chi connectivity index (χ0) is 11.4. The van der Waals surface area contributed by atoms with Crippen LogP contribution in [0.2, 0.25) is 0 Å². The molecule has 2 unspecified atom stereocenters. The van der Waals surface area contributed by atoms with Gasteiger partial charge in [0.2, 0.25) is 5.91 Å². The monoisotopic (exact) mass is 227 g/mol. The predicted molar refractivity (Wildman–Crippen MR) is 59.9 cm³/mol. The summed E-state index contributed by atoms with van der Waals surface area (Å²) in [6.07, 6.45) is 5.89. The highest BCUT2D eigenvalue weighted by Gasteiger charge is 2.30. The SMILES string of the molecule is O=C(NC1CCCCC1CO)[C@H]1CCCO1. The molecule has 3 atom stereocenters. The van der Waals surface area contributed by atoms with Crippen molar-refractivity contribution in [3.05, 3.63) is 0 Å². The molecule has 2 rings (SSSR count). The molecule has 1 aliphatic carbocycles. The Morgan fingerprint density at radius 3 is 2.75 bits per heavy atom. The highest BCUT2D eigenvalue weighted by molar-refractivity contribution is 5.81. The highest BCUT2D eigenvalue weighted by atomic mass is 16.5. The molecule has 1 saturated carbocycles. The van der Waals surface area contributed by atoms with Crippen molar-refractivity contribution in [3.8, 4) is 0 Å². The number of amides is 1. The van der Waals surface area contributed by atoms with Gasteiger partial charge < -0.3 is 15.2 Å². The largest absolute Gasteiger partial charge is 0.396 e. The number of hydrogen-bond acceptors (Lipinski definition) is 3. The molecule has 2 aliphatic rings. The second-order valence-corrected chi connectivity index (χ2v) is 4.84. The van der Waals surface area contributed by atoms with Gasteiger partial charge in [0.25, 0.3) is 0 Å². The summed E-state index contributed by atoms with van der Waals surface area (Å²) in [6.45, 7) is 0.878. The van der Waals surface area contributed by atoms with Crippen LogP contribution in [0.3, 0.4) is 0 Å². The van der Waals surface area contributed by atoms with E-state index < -0.39 is 0 Å². The molecule has 0 aromatic heterocycles. The van der Waals surface area contributed by atoms with E-state index in [9.17, 15) is 9.90 Å². The van der Waals surface area contributed by atoms with Crippen molar-refractivity contribution >= 4 is 5.91 Å². The Bertz CT molecular complexity index is 238. The lowest BCUT2D eigenvalue weighted by Crippen LogP contribution is -2.47. The van der Waals surface area contributed by atoms with Gasteiger partial charge in [-0.2, -0.15) is 0 Å². The minimum absolute atomic E-state index is 0.0165. The minimum atomic E-state index is -0.249. The smallest absolute Gasteiger partial charge is 0.249 e. The number of carbonyl (C=O) groups is 1.